The molecule has 11 heteroatoms. The van der Waals surface area contributed by atoms with Crippen molar-refractivity contribution in [1.29, 1.82) is 0 Å². The Hall–Kier alpha value is -2.53. The van der Waals surface area contributed by atoms with Crippen LogP contribution in [0.3, 0.4) is 0 Å². The van der Waals surface area contributed by atoms with Crippen molar-refractivity contribution >= 4 is 23.2 Å². The Morgan fingerprint density at radius 1 is 1.24 bits per heavy atom. The third-order valence-electron chi connectivity index (χ3n) is 4.87. The van der Waals surface area contributed by atoms with E-state index >= 15 is 0 Å². The molecule has 0 unspecified atom stereocenters. The van der Waals surface area contributed by atoms with E-state index in [1.165, 1.54) is 12.0 Å². The third kappa shape index (κ3) is 5.30. The maximum Gasteiger partial charge on any atom is 0.490 e. The van der Waals surface area contributed by atoms with Crippen LogP contribution in [0.5, 0.6) is 0 Å². The molecule has 0 atom stereocenters. The van der Waals surface area contributed by atoms with Gasteiger partial charge in [-0.1, -0.05) is 0 Å². The van der Waals surface area contributed by atoms with Crippen LogP contribution in [0.1, 0.15) is 22.5 Å². The molecule has 2 aliphatic rings. The third-order valence-corrected chi connectivity index (χ3v) is 5.60. The minimum absolute atomic E-state index is 0.00927. The molecule has 2 saturated heterocycles. The van der Waals surface area contributed by atoms with Crippen molar-refractivity contribution in [3.8, 4) is 0 Å². The summed E-state index contributed by atoms with van der Waals surface area (Å²) in [4.78, 5) is 33.7. The van der Waals surface area contributed by atoms with Crippen LogP contribution in [-0.4, -0.2) is 69.1 Å². The molecule has 0 saturated carbocycles. The molecular formula is C18H19F3N4O3S. The topological polar surface area (TPSA) is 86.6 Å². The SMILES string of the molecule is O=C(O)C(F)(F)F.O=C(c1cnccn1)N1CC2(CCN(Cc3ccsc3)C2)C1. The normalized spacial score (nSPS) is 18.1. The number of hydrogen-bond donors (Lipinski definition) is 1. The van der Waals surface area contributed by atoms with Gasteiger partial charge in [0.25, 0.3) is 5.91 Å². The highest BCUT2D eigenvalue weighted by molar-refractivity contribution is 7.07. The van der Waals surface area contributed by atoms with E-state index in [2.05, 4.69) is 31.7 Å². The smallest absolute Gasteiger partial charge is 0.475 e. The van der Waals surface area contributed by atoms with E-state index < -0.39 is 12.1 Å². The van der Waals surface area contributed by atoms with Crippen LogP contribution in [-0.2, 0) is 11.3 Å². The Labute approximate surface area is 168 Å². The average Bonchev–Trinajstić information content (AvgIpc) is 3.31. The van der Waals surface area contributed by atoms with Crippen molar-refractivity contribution in [2.24, 2.45) is 5.41 Å². The van der Waals surface area contributed by atoms with Crippen LogP contribution < -0.4 is 0 Å². The van der Waals surface area contributed by atoms with Crippen molar-refractivity contribution in [3.63, 3.8) is 0 Å². The number of aromatic nitrogens is 2. The summed E-state index contributed by atoms with van der Waals surface area (Å²) in [6.45, 7) is 4.95. The number of rotatable bonds is 3. The fraction of sp³-hybridized carbons (Fsp3) is 0.444. The first-order valence-electron chi connectivity index (χ1n) is 8.77. The molecule has 2 aliphatic heterocycles. The van der Waals surface area contributed by atoms with E-state index in [1.807, 2.05) is 4.90 Å². The Kier molecular flexibility index (Phi) is 6.18. The number of carboxylic acid groups (broad SMARTS) is 1. The lowest BCUT2D eigenvalue weighted by atomic mass is 9.79. The highest BCUT2D eigenvalue weighted by Crippen LogP contribution is 2.40. The molecule has 4 rings (SSSR count). The highest BCUT2D eigenvalue weighted by Gasteiger charge is 2.49. The van der Waals surface area contributed by atoms with Gasteiger partial charge in [0.1, 0.15) is 5.69 Å². The molecule has 1 spiro atoms. The Morgan fingerprint density at radius 2 is 1.97 bits per heavy atom. The lowest BCUT2D eigenvalue weighted by Crippen LogP contribution is -2.59. The standard InChI is InChI=1S/C16H18N4OS.C2HF3O2/c21-15(14-7-17-3-4-18-14)20-11-16(12-20)2-5-19(10-16)8-13-1-6-22-9-13;3-2(4,5)1(6)7/h1,3-4,6-7,9H,2,5,8,10-12H2;(H,6,7). The molecule has 2 aromatic rings. The van der Waals surface area contributed by atoms with Crippen LogP contribution in [0.15, 0.2) is 35.4 Å². The van der Waals surface area contributed by atoms with E-state index in [1.54, 1.807) is 29.9 Å². The largest absolute Gasteiger partial charge is 0.490 e. The number of alkyl halides is 3. The van der Waals surface area contributed by atoms with Crippen LogP contribution in [0, 0.1) is 5.41 Å². The predicted octanol–water partition coefficient (Wildman–Crippen LogP) is 2.52. The average molecular weight is 428 g/mol. The van der Waals surface area contributed by atoms with E-state index in [-0.39, 0.29) is 5.91 Å². The number of thiophene rings is 1. The number of carbonyl (C=O) groups is 2. The number of halogens is 3. The minimum Gasteiger partial charge on any atom is -0.475 e. The molecule has 156 valence electrons. The summed E-state index contributed by atoms with van der Waals surface area (Å²) in [5, 5.41) is 11.5. The van der Waals surface area contributed by atoms with Crippen LogP contribution in [0.4, 0.5) is 13.2 Å². The molecular weight excluding hydrogens is 409 g/mol. The summed E-state index contributed by atoms with van der Waals surface area (Å²) < 4.78 is 31.7. The molecule has 2 fully saturated rings. The number of carbonyl (C=O) groups excluding carboxylic acids is 1. The monoisotopic (exact) mass is 428 g/mol. The zero-order chi connectivity index (χ0) is 21.1. The zero-order valence-corrected chi connectivity index (χ0v) is 16.1. The first-order valence-corrected chi connectivity index (χ1v) is 9.72. The van der Waals surface area contributed by atoms with Crippen LogP contribution >= 0.6 is 11.3 Å². The first-order chi connectivity index (χ1) is 13.7. The fourth-order valence-corrected chi connectivity index (χ4v) is 4.20. The van der Waals surface area contributed by atoms with Crippen molar-refractivity contribution < 1.29 is 27.9 Å². The van der Waals surface area contributed by atoms with Crippen LogP contribution in [0.25, 0.3) is 0 Å². The zero-order valence-electron chi connectivity index (χ0n) is 15.3. The van der Waals surface area contributed by atoms with Gasteiger partial charge in [0.05, 0.1) is 6.20 Å². The number of carboxylic acids is 1. The summed E-state index contributed by atoms with van der Waals surface area (Å²) >= 11 is 1.75. The van der Waals surface area contributed by atoms with Crippen molar-refractivity contribution in [2.45, 2.75) is 19.1 Å². The first kappa shape index (κ1) is 21.2. The molecule has 7 nitrogen and oxygen atoms in total. The van der Waals surface area contributed by atoms with Crippen molar-refractivity contribution in [1.82, 2.24) is 19.8 Å². The Balaban J connectivity index is 0.000000298. The van der Waals surface area contributed by atoms with Gasteiger partial charge in [-0.25, -0.2) is 9.78 Å². The molecule has 2 aromatic heterocycles. The Bertz CT molecular complexity index is 840. The summed E-state index contributed by atoms with van der Waals surface area (Å²) in [5.41, 5.74) is 2.15. The summed E-state index contributed by atoms with van der Waals surface area (Å²) in [5.74, 6) is -2.75. The van der Waals surface area contributed by atoms with Gasteiger partial charge in [0.15, 0.2) is 0 Å². The molecule has 1 N–H and O–H groups in total. The second kappa shape index (κ2) is 8.46. The summed E-state index contributed by atoms with van der Waals surface area (Å²) in [7, 11) is 0. The summed E-state index contributed by atoms with van der Waals surface area (Å²) in [6.07, 6.45) is 0.806. The second-order valence-corrected chi connectivity index (χ2v) is 7.93. The van der Waals surface area contributed by atoms with Crippen molar-refractivity contribution in [3.05, 3.63) is 46.7 Å². The minimum atomic E-state index is -5.08. The fourth-order valence-electron chi connectivity index (χ4n) is 3.54. The van der Waals surface area contributed by atoms with Gasteiger partial charge in [-0.2, -0.15) is 24.5 Å². The number of hydrogen-bond acceptors (Lipinski definition) is 6. The van der Waals surface area contributed by atoms with Gasteiger partial charge in [-0.3, -0.25) is 14.7 Å². The van der Waals surface area contributed by atoms with Gasteiger partial charge in [0, 0.05) is 44.0 Å². The molecule has 0 aliphatic carbocycles. The number of likely N-dealkylation sites (tertiary alicyclic amines) is 2. The molecule has 29 heavy (non-hydrogen) atoms. The lowest BCUT2D eigenvalue weighted by molar-refractivity contribution is -0.192. The van der Waals surface area contributed by atoms with Gasteiger partial charge < -0.3 is 10.0 Å². The molecule has 0 radical (unpaired) electrons. The number of amides is 1. The van der Waals surface area contributed by atoms with Crippen molar-refractivity contribution in [2.75, 3.05) is 26.2 Å². The van der Waals surface area contributed by atoms with Gasteiger partial charge >= 0.3 is 12.1 Å². The predicted molar refractivity (Wildman–Crippen MR) is 98.3 cm³/mol. The summed E-state index contributed by atoms with van der Waals surface area (Å²) in [6, 6.07) is 2.19. The molecule has 4 heterocycles. The molecule has 1 amide bonds. The van der Waals surface area contributed by atoms with Gasteiger partial charge in [-0.15, -0.1) is 0 Å². The van der Waals surface area contributed by atoms with E-state index in [0.29, 0.717) is 11.1 Å². The highest BCUT2D eigenvalue weighted by atomic mass is 32.1. The van der Waals surface area contributed by atoms with E-state index in [9.17, 15) is 18.0 Å². The Morgan fingerprint density at radius 3 is 2.52 bits per heavy atom. The molecule has 0 bridgehead atoms. The quantitative estimate of drug-likeness (QED) is 0.809. The van der Waals surface area contributed by atoms with Gasteiger partial charge in [0.2, 0.25) is 0 Å². The molecule has 0 aromatic carbocycles. The second-order valence-electron chi connectivity index (χ2n) is 7.15. The van der Waals surface area contributed by atoms with E-state index in [0.717, 1.165) is 32.7 Å². The van der Waals surface area contributed by atoms with E-state index in [4.69, 9.17) is 9.90 Å². The maximum absolute atomic E-state index is 12.3. The number of nitrogens with zero attached hydrogens (tertiary/aromatic N) is 4. The van der Waals surface area contributed by atoms with Gasteiger partial charge in [-0.05, 0) is 35.4 Å². The number of aliphatic carboxylic acids is 1. The van der Waals surface area contributed by atoms with Crippen LogP contribution in [0.2, 0.25) is 0 Å². The lowest BCUT2D eigenvalue weighted by Gasteiger charge is -2.48. The maximum atomic E-state index is 12.3.